The Bertz CT molecular complexity index is 1010. The summed E-state index contributed by atoms with van der Waals surface area (Å²) in [6.45, 7) is 3.35. The second kappa shape index (κ2) is 7.67. The van der Waals surface area contributed by atoms with Crippen LogP contribution >= 0.6 is 11.6 Å². The maximum atomic E-state index is 13.8. The summed E-state index contributed by atoms with van der Waals surface area (Å²) in [7, 11) is 0. The van der Waals surface area contributed by atoms with Crippen LogP contribution in [-0.4, -0.2) is 15.9 Å². The molecule has 1 heterocycles. The first-order valence-corrected chi connectivity index (χ1v) is 8.36. The number of nitrogens with zero attached hydrogens (tertiary/aromatic N) is 2. The van der Waals surface area contributed by atoms with E-state index >= 15 is 0 Å². The van der Waals surface area contributed by atoms with Gasteiger partial charge in [-0.3, -0.25) is 4.79 Å². The van der Waals surface area contributed by atoms with E-state index in [1.165, 1.54) is 12.1 Å². The molecule has 0 spiro atoms. The van der Waals surface area contributed by atoms with Gasteiger partial charge in [0, 0.05) is 16.8 Å². The van der Waals surface area contributed by atoms with E-state index in [4.69, 9.17) is 11.6 Å². The Labute approximate surface area is 159 Å². The molecule has 1 amide bonds. The Balaban J connectivity index is 1.89. The third-order valence-corrected chi connectivity index (χ3v) is 4.21. The van der Waals surface area contributed by atoms with Crippen LogP contribution in [0.25, 0.3) is 0 Å². The van der Waals surface area contributed by atoms with Crippen molar-refractivity contribution in [1.82, 2.24) is 9.97 Å². The van der Waals surface area contributed by atoms with Crippen LogP contribution in [0.15, 0.2) is 42.5 Å². The highest BCUT2D eigenvalue weighted by Gasteiger charge is 2.15. The molecule has 0 aliphatic heterocycles. The number of carbonyl (C=O) groups is 1. The molecule has 0 atom stereocenters. The molecule has 2 aromatic carbocycles. The predicted molar refractivity (Wildman–Crippen MR) is 101 cm³/mol. The van der Waals surface area contributed by atoms with Gasteiger partial charge in [-0.2, -0.15) is 0 Å². The Morgan fingerprint density at radius 3 is 2.41 bits per heavy atom. The van der Waals surface area contributed by atoms with Crippen LogP contribution in [0.2, 0.25) is 5.02 Å². The average Bonchev–Trinajstić information content (AvgIpc) is 2.62. The first-order valence-electron chi connectivity index (χ1n) is 7.98. The van der Waals surface area contributed by atoms with Crippen molar-refractivity contribution >= 4 is 34.7 Å². The molecule has 0 saturated heterocycles. The Morgan fingerprint density at radius 1 is 1.04 bits per heavy atom. The summed E-state index contributed by atoms with van der Waals surface area (Å²) in [5.41, 5.74) is 0.942. The van der Waals surface area contributed by atoms with E-state index in [0.29, 0.717) is 16.3 Å². The number of halogens is 3. The number of aromatic nitrogens is 2. The van der Waals surface area contributed by atoms with Crippen LogP contribution < -0.4 is 10.6 Å². The van der Waals surface area contributed by atoms with Gasteiger partial charge in [0.05, 0.1) is 0 Å². The second-order valence-corrected chi connectivity index (χ2v) is 6.18. The molecule has 0 bridgehead atoms. The zero-order valence-electron chi connectivity index (χ0n) is 14.5. The molecule has 3 aromatic rings. The van der Waals surface area contributed by atoms with Crippen LogP contribution in [0.3, 0.4) is 0 Å². The Morgan fingerprint density at radius 2 is 1.70 bits per heavy atom. The summed E-state index contributed by atoms with van der Waals surface area (Å²) >= 11 is 6.06. The van der Waals surface area contributed by atoms with Crippen LogP contribution in [0, 0.1) is 25.5 Å². The molecule has 0 radical (unpaired) electrons. The minimum Gasteiger partial charge on any atom is -0.335 e. The van der Waals surface area contributed by atoms with E-state index in [1.807, 2.05) is 0 Å². The van der Waals surface area contributed by atoms with E-state index in [1.54, 1.807) is 32.0 Å². The summed E-state index contributed by atoms with van der Waals surface area (Å²) in [6.07, 6.45) is 0. The van der Waals surface area contributed by atoms with Crippen molar-refractivity contribution in [3.8, 4) is 0 Å². The van der Waals surface area contributed by atoms with E-state index in [9.17, 15) is 13.6 Å². The molecule has 8 heteroatoms. The first kappa shape index (κ1) is 18.7. The number of aryl methyl sites for hydroxylation is 1. The molecular weight excluding hydrogens is 374 g/mol. The maximum absolute atomic E-state index is 13.8. The Hall–Kier alpha value is -3.06. The summed E-state index contributed by atoms with van der Waals surface area (Å²) in [5, 5.41) is 5.80. The van der Waals surface area contributed by atoms with Crippen LogP contribution in [-0.2, 0) is 0 Å². The number of carbonyl (C=O) groups excluding carboxylic acids is 1. The summed E-state index contributed by atoms with van der Waals surface area (Å²) in [5.74, 6) is -1.68. The zero-order valence-corrected chi connectivity index (χ0v) is 15.2. The van der Waals surface area contributed by atoms with Gasteiger partial charge in [-0.25, -0.2) is 18.7 Å². The quantitative estimate of drug-likeness (QED) is 0.658. The van der Waals surface area contributed by atoms with Gasteiger partial charge in [-0.05, 0) is 43.7 Å². The fraction of sp³-hybridized carbons (Fsp3) is 0.105. The number of hydrogen-bond donors (Lipinski definition) is 2. The number of nitrogens with one attached hydrogen (secondary N) is 2. The molecule has 5 nitrogen and oxygen atoms in total. The van der Waals surface area contributed by atoms with Crippen molar-refractivity contribution in [2.24, 2.45) is 0 Å². The molecule has 0 saturated carbocycles. The number of para-hydroxylation sites is 1. The number of benzene rings is 2. The molecule has 1 aromatic heterocycles. The monoisotopic (exact) mass is 388 g/mol. The van der Waals surface area contributed by atoms with E-state index in [0.717, 1.165) is 12.1 Å². The van der Waals surface area contributed by atoms with Gasteiger partial charge in [0.2, 0.25) is 0 Å². The lowest BCUT2D eigenvalue weighted by molar-refractivity contribution is 0.102. The first-order chi connectivity index (χ1) is 12.8. The van der Waals surface area contributed by atoms with Crippen LogP contribution in [0.5, 0.6) is 0 Å². The van der Waals surface area contributed by atoms with E-state index in [2.05, 4.69) is 20.6 Å². The highest BCUT2D eigenvalue weighted by atomic mass is 35.5. The molecule has 0 fully saturated rings. The van der Waals surface area contributed by atoms with Gasteiger partial charge < -0.3 is 10.6 Å². The van der Waals surface area contributed by atoms with Crippen LogP contribution in [0.4, 0.5) is 26.0 Å². The molecule has 0 aliphatic carbocycles. The lowest BCUT2D eigenvalue weighted by Crippen LogP contribution is -2.16. The summed E-state index contributed by atoms with van der Waals surface area (Å²) < 4.78 is 27.7. The standard InChI is InChI=1S/C19H15ClF2N4O/c1-10-12(20)5-3-8-15(10)25-19(27)16-9-17(24-11(2)23-16)26-18-13(21)6-4-7-14(18)22/h3-9H,1-2H3,(H,25,27)(H,23,24,26). The lowest BCUT2D eigenvalue weighted by atomic mass is 10.2. The molecule has 138 valence electrons. The highest BCUT2D eigenvalue weighted by molar-refractivity contribution is 6.31. The summed E-state index contributed by atoms with van der Waals surface area (Å²) in [6, 6.07) is 9.95. The third kappa shape index (κ3) is 4.20. The number of rotatable bonds is 4. The predicted octanol–water partition coefficient (Wildman–Crippen LogP) is 5.02. The number of hydrogen-bond acceptors (Lipinski definition) is 4. The minimum absolute atomic E-state index is 0.0427. The number of amides is 1. The van der Waals surface area contributed by atoms with Crippen LogP contribution in [0.1, 0.15) is 21.9 Å². The fourth-order valence-corrected chi connectivity index (χ4v) is 2.60. The Kier molecular flexibility index (Phi) is 5.32. The van der Waals surface area contributed by atoms with Gasteiger partial charge in [0.15, 0.2) is 0 Å². The average molecular weight is 389 g/mol. The molecule has 3 rings (SSSR count). The molecule has 0 aliphatic rings. The van der Waals surface area contributed by atoms with Crippen molar-refractivity contribution in [2.75, 3.05) is 10.6 Å². The zero-order chi connectivity index (χ0) is 19.6. The van der Waals surface area contributed by atoms with Crippen molar-refractivity contribution in [3.05, 3.63) is 76.2 Å². The van der Waals surface area contributed by atoms with Gasteiger partial charge in [-0.15, -0.1) is 0 Å². The van der Waals surface area contributed by atoms with E-state index < -0.39 is 17.5 Å². The number of anilines is 3. The SMILES string of the molecule is Cc1nc(Nc2c(F)cccc2F)cc(C(=O)Nc2cccc(Cl)c2C)n1. The molecule has 2 N–H and O–H groups in total. The second-order valence-electron chi connectivity index (χ2n) is 5.77. The fourth-order valence-electron chi connectivity index (χ4n) is 2.42. The largest absolute Gasteiger partial charge is 0.335 e. The molecule has 0 unspecified atom stereocenters. The minimum atomic E-state index is -0.771. The highest BCUT2D eigenvalue weighted by Crippen LogP contribution is 2.25. The van der Waals surface area contributed by atoms with Gasteiger partial charge in [0.25, 0.3) is 5.91 Å². The topological polar surface area (TPSA) is 66.9 Å². The molecular formula is C19H15ClF2N4O. The van der Waals surface area contributed by atoms with Gasteiger partial charge >= 0.3 is 0 Å². The van der Waals surface area contributed by atoms with Crippen molar-refractivity contribution in [3.63, 3.8) is 0 Å². The molecule has 27 heavy (non-hydrogen) atoms. The van der Waals surface area contributed by atoms with E-state index in [-0.39, 0.29) is 23.0 Å². The van der Waals surface area contributed by atoms with Crippen molar-refractivity contribution in [1.29, 1.82) is 0 Å². The normalized spacial score (nSPS) is 10.6. The van der Waals surface area contributed by atoms with Gasteiger partial charge in [-0.1, -0.05) is 23.7 Å². The lowest BCUT2D eigenvalue weighted by Gasteiger charge is -2.12. The van der Waals surface area contributed by atoms with Crippen molar-refractivity contribution < 1.29 is 13.6 Å². The smallest absolute Gasteiger partial charge is 0.274 e. The third-order valence-electron chi connectivity index (χ3n) is 3.80. The van der Waals surface area contributed by atoms with Crippen molar-refractivity contribution in [2.45, 2.75) is 13.8 Å². The summed E-state index contributed by atoms with van der Waals surface area (Å²) in [4.78, 5) is 20.7. The van der Waals surface area contributed by atoms with Gasteiger partial charge in [0.1, 0.15) is 34.7 Å². The maximum Gasteiger partial charge on any atom is 0.274 e.